The number of aromatic nitrogens is 2. The number of alkyl halides is 1. The van der Waals surface area contributed by atoms with Crippen molar-refractivity contribution < 1.29 is 18.6 Å². The first kappa shape index (κ1) is 30.9. The number of hydrogen-bond acceptors (Lipinski definition) is 6. The quantitative estimate of drug-likeness (QED) is 0.145. The summed E-state index contributed by atoms with van der Waals surface area (Å²) in [6, 6.07) is 21.0. The SMILES string of the molecule is COCCOC1C(CI)[C@H](CO[Si](c2ccccc2)(c2ccccc2)C(C)(C)C)O[C@@H]1n1cc(C)c(=O)[nH]c1=O. The summed E-state index contributed by atoms with van der Waals surface area (Å²) in [5.74, 6) is -0.0557. The maximum absolute atomic E-state index is 12.9. The fourth-order valence-electron chi connectivity index (χ4n) is 5.57. The van der Waals surface area contributed by atoms with Crippen LogP contribution in [0.25, 0.3) is 0 Å². The Kier molecular flexibility index (Phi) is 10.2. The van der Waals surface area contributed by atoms with Crippen molar-refractivity contribution in [2.75, 3.05) is 31.4 Å². The van der Waals surface area contributed by atoms with E-state index in [-0.39, 0.29) is 17.1 Å². The highest BCUT2D eigenvalue weighted by molar-refractivity contribution is 14.1. The Bertz CT molecular complexity index is 1320. The first-order chi connectivity index (χ1) is 19.1. The minimum Gasteiger partial charge on any atom is -0.405 e. The van der Waals surface area contributed by atoms with Crippen LogP contribution in [0.2, 0.25) is 5.04 Å². The molecule has 2 unspecified atom stereocenters. The summed E-state index contributed by atoms with van der Waals surface area (Å²) in [5.41, 5.74) is -0.508. The number of methoxy groups -OCH3 is 1. The molecule has 8 nitrogen and oxygen atoms in total. The molecule has 4 atom stereocenters. The van der Waals surface area contributed by atoms with Crippen LogP contribution in [0.5, 0.6) is 0 Å². The number of ether oxygens (including phenoxy) is 3. The Hall–Kier alpha value is -2.09. The van der Waals surface area contributed by atoms with Crippen molar-refractivity contribution >= 4 is 41.3 Å². The van der Waals surface area contributed by atoms with Crippen LogP contribution in [0.4, 0.5) is 0 Å². The van der Waals surface area contributed by atoms with Crippen LogP contribution >= 0.6 is 22.6 Å². The number of H-pyrrole nitrogens is 1. The topological polar surface area (TPSA) is 91.8 Å². The number of benzene rings is 2. The van der Waals surface area contributed by atoms with Crippen molar-refractivity contribution in [3.05, 3.63) is 93.3 Å². The van der Waals surface area contributed by atoms with E-state index >= 15 is 0 Å². The van der Waals surface area contributed by atoms with Gasteiger partial charge in [-0.3, -0.25) is 14.3 Å². The molecule has 1 aliphatic heterocycles. The van der Waals surface area contributed by atoms with Crippen LogP contribution < -0.4 is 21.6 Å². The molecule has 4 rings (SSSR count). The first-order valence-corrected chi connectivity index (χ1v) is 17.0. The van der Waals surface area contributed by atoms with Crippen LogP contribution in [0.3, 0.4) is 0 Å². The number of nitrogens with one attached hydrogen (secondary N) is 1. The van der Waals surface area contributed by atoms with Gasteiger partial charge in [0.1, 0.15) is 6.10 Å². The second-order valence-electron chi connectivity index (χ2n) is 11.2. The summed E-state index contributed by atoms with van der Waals surface area (Å²) in [7, 11) is -1.18. The minimum absolute atomic E-state index is 0.0557. The van der Waals surface area contributed by atoms with E-state index in [1.54, 1.807) is 20.2 Å². The van der Waals surface area contributed by atoms with E-state index in [1.807, 2.05) is 12.1 Å². The molecule has 10 heteroatoms. The van der Waals surface area contributed by atoms with Crippen molar-refractivity contribution in [3.8, 4) is 0 Å². The average Bonchev–Trinajstić information content (AvgIpc) is 3.28. The van der Waals surface area contributed by atoms with E-state index in [4.69, 9.17) is 18.6 Å². The lowest BCUT2D eigenvalue weighted by molar-refractivity contribution is -0.0785. The van der Waals surface area contributed by atoms with Crippen LogP contribution in [0, 0.1) is 12.8 Å². The summed E-state index contributed by atoms with van der Waals surface area (Å²) in [5, 5.41) is 2.19. The van der Waals surface area contributed by atoms with Crippen LogP contribution in [0.15, 0.2) is 76.4 Å². The third-order valence-corrected chi connectivity index (χ3v) is 13.6. The Morgan fingerprint density at radius 1 is 1.00 bits per heavy atom. The van der Waals surface area contributed by atoms with Gasteiger partial charge in [-0.2, -0.15) is 0 Å². The Morgan fingerprint density at radius 3 is 2.12 bits per heavy atom. The molecule has 216 valence electrons. The standard InChI is InChI=1S/C30H39IN2O6Si/c1-21-19-33(29(35)32-27(21)34)28-26(37-17-16-36-5)24(18-31)25(39-28)20-38-40(30(2,3)4,22-12-8-6-9-13-22)23-14-10-7-11-15-23/h6-15,19,24-26,28H,16-18,20H2,1-5H3,(H,32,34,35)/t24?,25-,26?,28-/m0/s1. The van der Waals surface area contributed by atoms with Crippen molar-refractivity contribution in [3.63, 3.8) is 0 Å². The number of aryl methyl sites for hydroxylation is 1. The number of nitrogens with zero attached hydrogens (tertiary/aromatic N) is 1. The van der Waals surface area contributed by atoms with Gasteiger partial charge < -0.3 is 18.6 Å². The number of hydrogen-bond donors (Lipinski definition) is 1. The smallest absolute Gasteiger partial charge is 0.330 e. The fourth-order valence-corrected chi connectivity index (χ4v) is 11.2. The lowest BCUT2D eigenvalue weighted by Gasteiger charge is -2.43. The van der Waals surface area contributed by atoms with Crippen molar-refractivity contribution in [1.29, 1.82) is 0 Å². The highest BCUT2D eigenvalue weighted by atomic mass is 127. The average molecular weight is 679 g/mol. The predicted molar refractivity (Wildman–Crippen MR) is 168 cm³/mol. The molecule has 1 N–H and O–H groups in total. The number of halogens is 1. The molecule has 0 amide bonds. The molecule has 2 heterocycles. The van der Waals surface area contributed by atoms with Gasteiger partial charge in [0.2, 0.25) is 0 Å². The molecule has 0 saturated carbocycles. The molecule has 0 aliphatic carbocycles. The highest BCUT2D eigenvalue weighted by Crippen LogP contribution is 2.40. The van der Waals surface area contributed by atoms with Gasteiger partial charge in [-0.1, -0.05) is 104 Å². The van der Waals surface area contributed by atoms with Crippen LogP contribution in [-0.2, 0) is 18.6 Å². The second kappa shape index (κ2) is 13.3. The largest absolute Gasteiger partial charge is 0.405 e. The van der Waals surface area contributed by atoms with Crippen molar-refractivity contribution in [1.82, 2.24) is 9.55 Å². The minimum atomic E-state index is -2.80. The Balaban J connectivity index is 1.74. The zero-order valence-electron chi connectivity index (χ0n) is 23.8. The zero-order chi connectivity index (χ0) is 28.9. The highest BCUT2D eigenvalue weighted by Gasteiger charge is 2.52. The van der Waals surface area contributed by atoms with Gasteiger partial charge in [-0.25, -0.2) is 4.79 Å². The summed E-state index contributed by atoms with van der Waals surface area (Å²) in [6.45, 7) is 9.50. The predicted octanol–water partition coefficient (Wildman–Crippen LogP) is 3.40. The zero-order valence-corrected chi connectivity index (χ0v) is 26.9. The number of aromatic amines is 1. The van der Waals surface area contributed by atoms with Gasteiger partial charge in [-0.15, -0.1) is 0 Å². The molecule has 1 aliphatic rings. The molecular weight excluding hydrogens is 639 g/mol. The molecular formula is C30H39IN2O6Si. The number of rotatable bonds is 11. The molecule has 1 saturated heterocycles. The van der Waals surface area contributed by atoms with E-state index in [1.165, 1.54) is 14.9 Å². The van der Waals surface area contributed by atoms with Crippen molar-refractivity contribution in [2.24, 2.45) is 5.92 Å². The Labute approximate surface area is 250 Å². The van der Waals surface area contributed by atoms with Gasteiger partial charge in [0, 0.05) is 29.2 Å². The summed E-state index contributed by atoms with van der Waals surface area (Å²) in [6.07, 6.45) is 0.0687. The van der Waals surface area contributed by atoms with E-state index in [2.05, 4.69) is 96.9 Å². The van der Waals surface area contributed by atoms with Gasteiger partial charge in [0.15, 0.2) is 6.23 Å². The lowest BCUT2D eigenvalue weighted by Crippen LogP contribution is -2.67. The van der Waals surface area contributed by atoms with E-state index < -0.39 is 31.9 Å². The third kappa shape index (κ3) is 6.21. The van der Waals surface area contributed by atoms with E-state index in [0.717, 1.165) is 4.43 Å². The summed E-state index contributed by atoms with van der Waals surface area (Å²) in [4.78, 5) is 27.4. The normalized spacial score (nSPS) is 21.6. The molecule has 1 aromatic heterocycles. The van der Waals surface area contributed by atoms with Gasteiger partial charge in [-0.05, 0) is 22.3 Å². The maximum atomic E-state index is 12.9. The molecule has 2 aromatic carbocycles. The van der Waals surface area contributed by atoms with E-state index in [0.29, 0.717) is 25.4 Å². The fraction of sp³-hybridized carbons (Fsp3) is 0.467. The second-order valence-corrected chi connectivity index (χ2v) is 16.4. The van der Waals surface area contributed by atoms with Gasteiger partial charge in [0.05, 0.1) is 25.9 Å². The van der Waals surface area contributed by atoms with Crippen molar-refractivity contribution in [2.45, 2.75) is 51.2 Å². The van der Waals surface area contributed by atoms with Gasteiger partial charge >= 0.3 is 5.69 Å². The lowest BCUT2D eigenvalue weighted by atomic mass is 10.0. The third-order valence-electron chi connectivity index (χ3n) is 7.57. The van der Waals surface area contributed by atoms with Gasteiger partial charge in [0.25, 0.3) is 13.9 Å². The molecule has 0 spiro atoms. The summed E-state index contributed by atoms with van der Waals surface area (Å²) < 4.78 is 27.5. The first-order valence-electron chi connectivity index (χ1n) is 13.5. The monoisotopic (exact) mass is 678 g/mol. The molecule has 40 heavy (non-hydrogen) atoms. The summed E-state index contributed by atoms with van der Waals surface area (Å²) >= 11 is 2.35. The van der Waals surface area contributed by atoms with Crippen LogP contribution in [0.1, 0.15) is 32.6 Å². The molecule has 0 radical (unpaired) electrons. The van der Waals surface area contributed by atoms with E-state index in [9.17, 15) is 9.59 Å². The van der Waals surface area contributed by atoms with Crippen LogP contribution in [-0.4, -0.2) is 61.4 Å². The molecule has 0 bridgehead atoms. The molecule has 3 aromatic rings. The molecule has 1 fully saturated rings. The maximum Gasteiger partial charge on any atom is 0.330 e. The Morgan fingerprint density at radius 2 is 1.60 bits per heavy atom.